The highest BCUT2D eigenvalue weighted by atomic mass is 16.5. The van der Waals surface area contributed by atoms with Crippen LogP contribution in [-0.4, -0.2) is 62.3 Å². The smallest absolute Gasteiger partial charge is 0.340 e. The van der Waals surface area contributed by atoms with Crippen LogP contribution >= 0.6 is 0 Å². The first-order valence-electron chi connectivity index (χ1n) is 12.9. The third-order valence-corrected chi connectivity index (χ3v) is 5.99. The summed E-state index contributed by atoms with van der Waals surface area (Å²) < 4.78 is 44.2. The van der Waals surface area contributed by atoms with Crippen LogP contribution in [0.2, 0.25) is 0 Å². The number of carbonyl (C=O) groups is 1. The van der Waals surface area contributed by atoms with Gasteiger partial charge in [0.15, 0.2) is 11.5 Å². The van der Waals surface area contributed by atoms with Crippen LogP contribution in [0.25, 0.3) is 0 Å². The maximum Gasteiger partial charge on any atom is 0.340 e. The minimum Gasteiger partial charge on any atom is -0.497 e. The average Bonchev–Trinajstić information content (AvgIpc) is 3.03. The van der Waals surface area contributed by atoms with Gasteiger partial charge >= 0.3 is 5.97 Å². The number of rotatable bonds is 10. The Labute approximate surface area is 246 Å². The Morgan fingerprint density at radius 2 is 0.929 bits per heavy atom. The van der Waals surface area contributed by atoms with Gasteiger partial charge in [-0.25, -0.2) is 4.79 Å². The lowest BCUT2D eigenvalue weighted by atomic mass is 9.97. The van der Waals surface area contributed by atoms with E-state index in [0.717, 1.165) is 0 Å². The van der Waals surface area contributed by atoms with E-state index < -0.39 is 5.97 Å². The quantitative estimate of drug-likeness (QED) is 0.242. The normalized spacial score (nSPS) is 9.81. The summed E-state index contributed by atoms with van der Waals surface area (Å²) in [4.78, 5) is 13.6. The molecular weight excluding hydrogens is 540 g/mol. The zero-order valence-corrected chi connectivity index (χ0v) is 25.1. The van der Waals surface area contributed by atoms with Gasteiger partial charge in [0, 0.05) is 23.3 Å². The maximum absolute atomic E-state index is 13.6. The Kier molecular flexibility index (Phi) is 11.2. The Morgan fingerprint density at radius 3 is 1.24 bits per heavy atom. The van der Waals surface area contributed by atoms with Gasteiger partial charge in [-0.15, -0.1) is 0 Å². The van der Waals surface area contributed by atoms with Crippen LogP contribution in [0.1, 0.15) is 46.0 Å². The number of benzene rings is 3. The van der Waals surface area contributed by atoms with Crippen molar-refractivity contribution in [3.63, 3.8) is 0 Å². The van der Waals surface area contributed by atoms with Crippen molar-refractivity contribution in [2.75, 3.05) is 56.4 Å². The van der Waals surface area contributed by atoms with Crippen LogP contribution < -0.4 is 33.2 Å². The van der Waals surface area contributed by atoms with E-state index in [1.54, 1.807) is 64.8 Å². The molecule has 0 spiro atoms. The van der Waals surface area contributed by atoms with E-state index in [1.807, 2.05) is 6.92 Å². The molecule has 0 aliphatic heterocycles. The highest BCUT2D eigenvalue weighted by Gasteiger charge is 2.30. The molecule has 0 radical (unpaired) electrons. The van der Waals surface area contributed by atoms with Crippen LogP contribution in [0.3, 0.4) is 0 Å². The van der Waals surface area contributed by atoms with E-state index in [2.05, 4.69) is 23.7 Å². The summed E-state index contributed by atoms with van der Waals surface area (Å²) in [6.45, 7) is 2.09. The summed E-state index contributed by atoms with van der Waals surface area (Å²) in [5.41, 5.74) is 1.65. The molecule has 0 saturated heterocycles. The molecule has 0 heterocycles. The fourth-order valence-corrected chi connectivity index (χ4v) is 4.00. The lowest BCUT2D eigenvalue weighted by Gasteiger charge is -2.19. The van der Waals surface area contributed by atoms with Gasteiger partial charge in [-0.3, -0.25) is 0 Å². The minimum atomic E-state index is -0.642. The molecule has 0 amide bonds. The molecule has 0 bridgehead atoms. The monoisotopic (exact) mass is 574 g/mol. The molecule has 0 saturated carbocycles. The molecule has 0 aliphatic rings. The number of carbonyl (C=O) groups excluding carboxylic acids is 1. The van der Waals surface area contributed by atoms with Crippen molar-refractivity contribution in [1.29, 1.82) is 0 Å². The predicted octanol–water partition coefficient (Wildman–Crippen LogP) is 5.11. The first-order valence-corrected chi connectivity index (χ1v) is 12.9. The SMILES string of the molecule is CCCOC(=O)c1c(C#Cc2cc(OC)cc(OC)c2)c(OC)c(OC)c(OC)c1C#Cc1cc(OC)cc(OC)c1. The van der Waals surface area contributed by atoms with Crippen LogP contribution in [0.4, 0.5) is 0 Å². The summed E-state index contributed by atoms with van der Waals surface area (Å²) in [7, 11) is 10.6. The topological polar surface area (TPSA) is 90.9 Å². The second-order valence-corrected chi connectivity index (χ2v) is 8.56. The lowest BCUT2D eigenvalue weighted by Crippen LogP contribution is -2.13. The Hall–Kier alpha value is -5.15. The van der Waals surface area contributed by atoms with Crippen molar-refractivity contribution >= 4 is 5.97 Å². The van der Waals surface area contributed by atoms with Crippen molar-refractivity contribution in [3.05, 3.63) is 64.2 Å². The zero-order valence-electron chi connectivity index (χ0n) is 25.1. The second kappa shape index (κ2) is 15.0. The zero-order chi connectivity index (χ0) is 30.6. The molecule has 0 aromatic heterocycles. The summed E-state index contributed by atoms with van der Waals surface area (Å²) in [5.74, 6) is 14.5. The molecule has 42 heavy (non-hydrogen) atoms. The molecule has 3 aromatic rings. The number of esters is 1. The van der Waals surface area contributed by atoms with Gasteiger partial charge < -0.3 is 37.9 Å². The molecule has 0 fully saturated rings. The highest BCUT2D eigenvalue weighted by molar-refractivity contribution is 5.99. The molecule has 0 atom stereocenters. The molecule has 0 N–H and O–H groups in total. The van der Waals surface area contributed by atoms with Gasteiger partial charge in [0.05, 0.1) is 73.1 Å². The van der Waals surface area contributed by atoms with Gasteiger partial charge in [-0.05, 0) is 30.7 Å². The largest absolute Gasteiger partial charge is 0.497 e. The van der Waals surface area contributed by atoms with E-state index in [9.17, 15) is 4.79 Å². The first kappa shape index (κ1) is 31.4. The summed E-state index contributed by atoms with van der Waals surface area (Å²) in [5, 5.41) is 0. The molecular formula is C33H34O9. The summed E-state index contributed by atoms with van der Waals surface area (Å²) >= 11 is 0. The molecule has 9 nitrogen and oxygen atoms in total. The van der Waals surface area contributed by atoms with Crippen molar-refractivity contribution in [2.24, 2.45) is 0 Å². The van der Waals surface area contributed by atoms with E-state index >= 15 is 0 Å². The standard InChI is InChI=1S/C33H34O9/c1-9-14-42-33(34)29-27(12-10-21-15-23(35-2)19-24(16-21)36-3)30(39-6)32(41-8)31(40-7)28(29)13-11-22-17-25(37-4)20-26(18-22)38-5/h15-20H,9,14H2,1-8H3. The first-order chi connectivity index (χ1) is 20.4. The Morgan fingerprint density at radius 1 is 0.548 bits per heavy atom. The number of hydrogen-bond donors (Lipinski definition) is 0. The van der Waals surface area contributed by atoms with Crippen LogP contribution in [0, 0.1) is 23.7 Å². The van der Waals surface area contributed by atoms with Gasteiger partial charge in [-0.2, -0.15) is 0 Å². The molecule has 3 aromatic carbocycles. The maximum atomic E-state index is 13.6. The van der Waals surface area contributed by atoms with Gasteiger partial charge in [0.1, 0.15) is 23.0 Å². The van der Waals surface area contributed by atoms with Crippen LogP contribution in [-0.2, 0) is 4.74 Å². The summed E-state index contributed by atoms with van der Waals surface area (Å²) in [6.07, 6.45) is 0.616. The number of methoxy groups -OCH3 is 7. The van der Waals surface area contributed by atoms with Crippen LogP contribution in [0.5, 0.6) is 40.2 Å². The fourth-order valence-electron chi connectivity index (χ4n) is 4.00. The summed E-state index contributed by atoms with van der Waals surface area (Å²) in [6, 6.07) is 10.4. The molecule has 220 valence electrons. The van der Waals surface area contributed by atoms with Crippen molar-refractivity contribution < 1.29 is 42.7 Å². The van der Waals surface area contributed by atoms with Crippen molar-refractivity contribution in [3.8, 4) is 63.9 Å². The van der Waals surface area contributed by atoms with E-state index in [1.165, 1.54) is 21.3 Å². The van der Waals surface area contributed by atoms with Gasteiger partial charge in [0.2, 0.25) is 5.75 Å². The van der Waals surface area contributed by atoms with Crippen molar-refractivity contribution in [1.82, 2.24) is 0 Å². The third-order valence-electron chi connectivity index (χ3n) is 5.99. The second-order valence-electron chi connectivity index (χ2n) is 8.56. The highest BCUT2D eigenvalue weighted by Crippen LogP contribution is 2.45. The minimum absolute atomic E-state index is 0.0719. The average molecular weight is 575 g/mol. The van der Waals surface area contributed by atoms with E-state index in [0.29, 0.717) is 40.5 Å². The lowest BCUT2D eigenvalue weighted by molar-refractivity contribution is 0.0503. The number of ether oxygens (including phenoxy) is 8. The Bertz CT molecular complexity index is 1400. The molecule has 0 aliphatic carbocycles. The predicted molar refractivity (Wildman–Crippen MR) is 158 cm³/mol. The van der Waals surface area contributed by atoms with Gasteiger partial charge in [0.25, 0.3) is 0 Å². The fraction of sp³-hybridized carbons (Fsp3) is 0.303. The van der Waals surface area contributed by atoms with Crippen molar-refractivity contribution in [2.45, 2.75) is 13.3 Å². The molecule has 9 heteroatoms. The van der Waals surface area contributed by atoms with Crippen LogP contribution in [0.15, 0.2) is 36.4 Å². The molecule has 0 unspecified atom stereocenters. The van der Waals surface area contributed by atoms with Gasteiger partial charge in [-0.1, -0.05) is 30.6 Å². The molecule has 3 rings (SSSR count). The Balaban J connectivity index is 2.40. The third kappa shape index (κ3) is 7.13. The van der Waals surface area contributed by atoms with E-state index in [-0.39, 0.29) is 40.5 Å². The number of hydrogen-bond acceptors (Lipinski definition) is 9. The van der Waals surface area contributed by atoms with E-state index in [4.69, 9.17) is 37.9 Å².